The molecule has 0 saturated heterocycles. The monoisotopic (exact) mass is 515 g/mol. The Morgan fingerprint density at radius 2 is 1.68 bits per heavy atom. The Morgan fingerprint density at radius 3 is 2.39 bits per heavy atom. The normalized spacial score (nSPS) is 12.6. The van der Waals surface area contributed by atoms with Gasteiger partial charge in [0, 0.05) is 38.1 Å². The van der Waals surface area contributed by atoms with E-state index in [0.29, 0.717) is 41.4 Å². The number of fused-ring (bicyclic) bond motifs is 1. The van der Waals surface area contributed by atoms with Gasteiger partial charge in [0.25, 0.3) is 5.91 Å². The number of hydrogen-bond acceptors (Lipinski definition) is 7. The van der Waals surface area contributed by atoms with Crippen LogP contribution in [0.25, 0.3) is 10.9 Å². The van der Waals surface area contributed by atoms with Crippen molar-refractivity contribution in [1.82, 2.24) is 15.2 Å². The smallest absolute Gasteiger partial charge is 0.272 e. The van der Waals surface area contributed by atoms with Crippen LogP contribution < -0.4 is 14.8 Å². The summed E-state index contributed by atoms with van der Waals surface area (Å²) in [6.07, 6.45) is -0.137. The lowest BCUT2D eigenvalue weighted by Gasteiger charge is -2.19. The Hall–Kier alpha value is -3.98. The third kappa shape index (κ3) is 7.29. The summed E-state index contributed by atoms with van der Waals surface area (Å²) in [7, 11) is 3.37. The molecule has 4 aromatic rings. The fraction of sp³-hybridized carbons (Fsp3) is 0.267. The van der Waals surface area contributed by atoms with Crippen molar-refractivity contribution >= 4 is 16.8 Å². The number of amides is 1. The number of benzene rings is 3. The lowest BCUT2D eigenvalue weighted by Crippen LogP contribution is -2.41. The molecule has 0 bridgehead atoms. The van der Waals surface area contributed by atoms with Crippen molar-refractivity contribution in [1.29, 1.82) is 0 Å². The molecule has 0 fully saturated rings. The fourth-order valence-corrected chi connectivity index (χ4v) is 3.94. The van der Waals surface area contributed by atoms with Crippen LogP contribution in [0.4, 0.5) is 0 Å². The van der Waals surface area contributed by atoms with Crippen molar-refractivity contribution < 1.29 is 24.5 Å². The zero-order valence-corrected chi connectivity index (χ0v) is 21.6. The summed E-state index contributed by atoms with van der Waals surface area (Å²) in [4.78, 5) is 18.5. The molecule has 1 heterocycles. The molecule has 1 aromatic heterocycles. The molecule has 2 atom stereocenters. The summed E-state index contributed by atoms with van der Waals surface area (Å²) in [5, 5.41) is 24.1. The highest BCUT2D eigenvalue weighted by molar-refractivity contribution is 5.96. The minimum atomic E-state index is -0.709. The Morgan fingerprint density at radius 1 is 0.974 bits per heavy atom. The van der Waals surface area contributed by atoms with E-state index >= 15 is 0 Å². The Balaban J connectivity index is 1.36. The maximum Gasteiger partial charge on any atom is 0.272 e. The summed E-state index contributed by atoms with van der Waals surface area (Å²) in [6, 6.07) is 25.9. The largest absolute Gasteiger partial charge is 0.491 e. The second kappa shape index (κ2) is 13.0. The summed E-state index contributed by atoms with van der Waals surface area (Å²) in [5.74, 6) is 1.67. The van der Waals surface area contributed by atoms with Gasteiger partial charge >= 0.3 is 0 Å². The van der Waals surface area contributed by atoms with Crippen LogP contribution in [0.15, 0.2) is 84.9 Å². The number of ether oxygens (including phenoxy) is 2. The van der Waals surface area contributed by atoms with Crippen molar-refractivity contribution in [3.8, 4) is 17.2 Å². The highest BCUT2D eigenvalue weighted by Gasteiger charge is 2.16. The second-order valence-electron chi connectivity index (χ2n) is 9.24. The summed E-state index contributed by atoms with van der Waals surface area (Å²) in [5.41, 5.74) is 2.00. The number of hydrogen-bond donors (Lipinski definition) is 3. The van der Waals surface area contributed by atoms with Crippen molar-refractivity contribution in [2.75, 3.05) is 33.9 Å². The van der Waals surface area contributed by atoms with Gasteiger partial charge in [-0.3, -0.25) is 4.79 Å². The fourth-order valence-electron chi connectivity index (χ4n) is 3.94. The molecule has 8 nitrogen and oxygen atoms in total. The number of pyridine rings is 1. The van der Waals surface area contributed by atoms with Gasteiger partial charge in [-0.1, -0.05) is 42.5 Å². The van der Waals surface area contributed by atoms with Crippen LogP contribution in [0.2, 0.25) is 0 Å². The summed E-state index contributed by atoms with van der Waals surface area (Å²) in [6.45, 7) is 0.380. The van der Waals surface area contributed by atoms with E-state index in [1.165, 1.54) is 4.90 Å². The Bertz CT molecular complexity index is 1330. The molecule has 0 aliphatic rings. The van der Waals surface area contributed by atoms with Gasteiger partial charge in [0.1, 0.15) is 35.7 Å². The van der Waals surface area contributed by atoms with Gasteiger partial charge in [-0.2, -0.15) is 0 Å². The first-order valence-corrected chi connectivity index (χ1v) is 12.5. The molecular formula is C30H33N3O5. The van der Waals surface area contributed by atoms with Gasteiger partial charge in [0.15, 0.2) is 0 Å². The minimum Gasteiger partial charge on any atom is -0.491 e. The van der Waals surface area contributed by atoms with Crippen LogP contribution in [0.3, 0.4) is 0 Å². The van der Waals surface area contributed by atoms with E-state index in [2.05, 4.69) is 10.3 Å². The predicted molar refractivity (Wildman–Crippen MR) is 147 cm³/mol. The van der Waals surface area contributed by atoms with E-state index < -0.39 is 6.10 Å². The van der Waals surface area contributed by atoms with Crippen LogP contribution >= 0.6 is 0 Å². The quantitative estimate of drug-likeness (QED) is 0.265. The van der Waals surface area contributed by atoms with E-state index in [9.17, 15) is 15.0 Å². The molecule has 0 aliphatic carbocycles. The van der Waals surface area contributed by atoms with Crippen LogP contribution in [-0.4, -0.2) is 72.0 Å². The number of nitrogens with zero attached hydrogens (tertiary/aromatic N) is 2. The lowest BCUT2D eigenvalue weighted by molar-refractivity contribution is 0.0822. The number of nitrogens with one attached hydrogen (secondary N) is 1. The number of carbonyl (C=O) groups is 1. The van der Waals surface area contributed by atoms with E-state index in [0.717, 1.165) is 10.9 Å². The first-order valence-electron chi connectivity index (χ1n) is 12.5. The SMILES string of the molecule is CN(C)C(=O)c1cc(Oc2ccc(C[C@@H](CO)NC[C@H](O)COc3ccccc3)cc2)c2ccccc2n1. The second-order valence-corrected chi connectivity index (χ2v) is 9.24. The van der Waals surface area contributed by atoms with Crippen molar-refractivity contribution in [3.05, 3.63) is 96.2 Å². The van der Waals surface area contributed by atoms with Gasteiger partial charge in [-0.15, -0.1) is 0 Å². The highest BCUT2D eigenvalue weighted by Crippen LogP contribution is 2.30. The Kier molecular flexibility index (Phi) is 9.26. The molecule has 0 radical (unpaired) electrons. The van der Waals surface area contributed by atoms with Crippen molar-refractivity contribution in [2.24, 2.45) is 0 Å². The topological polar surface area (TPSA) is 104 Å². The maximum absolute atomic E-state index is 12.5. The molecule has 38 heavy (non-hydrogen) atoms. The molecule has 198 valence electrons. The predicted octanol–water partition coefficient (Wildman–Crippen LogP) is 3.66. The molecule has 0 spiro atoms. The molecule has 0 unspecified atom stereocenters. The molecule has 3 N–H and O–H groups in total. The van der Waals surface area contributed by atoms with Gasteiger partial charge in [-0.05, 0) is 48.4 Å². The van der Waals surface area contributed by atoms with Crippen molar-refractivity contribution in [2.45, 2.75) is 18.6 Å². The standard InChI is InChI=1S/C30H33N3O5/c1-33(2)30(36)28-17-29(26-10-6-7-11-27(26)32-28)38-25-14-12-21(13-15-25)16-22(19-34)31-18-23(35)20-37-24-8-4-3-5-9-24/h3-15,17,22-23,31,34-35H,16,18-20H2,1-2H3/t22-,23-/m0/s1. The van der Waals surface area contributed by atoms with Gasteiger partial charge in [0.05, 0.1) is 12.1 Å². The molecule has 0 saturated carbocycles. The number of carbonyl (C=O) groups excluding carboxylic acids is 1. The van der Waals surface area contributed by atoms with Gasteiger partial charge < -0.3 is 29.9 Å². The minimum absolute atomic E-state index is 0.0732. The lowest BCUT2D eigenvalue weighted by atomic mass is 10.1. The van der Waals surface area contributed by atoms with Crippen molar-refractivity contribution in [3.63, 3.8) is 0 Å². The molecule has 8 heteroatoms. The zero-order valence-electron chi connectivity index (χ0n) is 21.6. The first kappa shape index (κ1) is 27.1. The van der Waals surface area contributed by atoms with E-state index in [4.69, 9.17) is 9.47 Å². The molecule has 4 rings (SSSR count). The highest BCUT2D eigenvalue weighted by atomic mass is 16.5. The molecular weight excluding hydrogens is 482 g/mol. The van der Waals surface area contributed by atoms with E-state index in [1.54, 1.807) is 20.2 Å². The number of para-hydroxylation sites is 2. The third-order valence-electron chi connectivity index (χ3n) is 5.98. The number of rotatable bonds is 12. The van der Waals surface area contributed by atoms with E-state index in [-0.39, 0.29) is 25.2 Å². The number of aliphatic hydroxyl groups is 2. The summed E-state index contributed by atoms with van der Waals surface area (Å²) < 4.78 is 11.7. The molecule has 0 aliphatic heterocycles. The van der Waals surface area contributed by atoms with Crippen LogP contribution in [0.1, 0.15) is 16.1 Å². The van der Waals surface area contributed by atoms with Gasteiger partial charge in [-0.25, -0.2) is 4.98 Å². The molecule has 1 amide bonds. The maximum atomic E-state index is 12.5. The van der Waals surface area contributed by atoms with Gasteiger partial charge in [0.2, 0.25) is 0 Å². The number of aromatic nitrogens is 1. The third-order valence-corrected chi connectivity index (χ3v) is 5.98. The van der Waals surface area contributed by atoms with Crippen LogP contribution in [-0.2, 0) is 6.42 Å². The average Bonchev–Trinajstić information content (AvgIpc) is 2.95. The zero-order chi connectivity index (χ0) is 26.9. The summed E-state index contributed by atoms with van der Waals surface area (Å²) >= 11 is 0. The number of aliphatic hydroxyl groups excluding tert-OH is 2. The Labute approximate surface area is 222 Å². The van der Waals surface area contributed by atoms with Crippen LogP contribution in [0, 0.1) is 0 Å². The average molecular weight is 516 g/mol. The first-order chi connectivity index (χ1) is 18.4. The van der Waals surface area contributed by atoms with E-state index in [1.807, 2.05) is 78.9 Å². The van der Waals surface area contributed by atoms with Crippen LogP contribution in [0.5, 0.6) is 17.2 Å². The molecule has 3 aromatic carbocycles.